The first-order valence-corrected chi connectivity index (χ1v) is 7.81. The van der Waals surface area contributed by atoms with Crippen LogP contribution in [-0.2, 0) is 20.8 Å². The average Bonchev–Trinajstić information content (AvgIpc) is 2.99. The normalized spacial score (nSPS) is 26.0. The molecule has 2 fully saturated rings. The Hall–Kier alpha value is -1.51. The summed E-state index contributed by atoms with van der Waals surface area (Å²) in [6, 6.07) is 1.46. The Balaban J connectivity index is 1.67. The summed E-state index contributed by atoms with van der Waals surface area (Å²) in [4.78, 5) is 10.8. The van der Waals surface area contributed by atoms with E-state index in [4.69, 9.17) is 14.2 Å². The lowest BCUT2D eigenvalue weighted by molar-refractivity contribution is -0.394. The van der Waals surface area contributed by atoms with Crippen LogP contribution in [0.4, 0.5) is 5.82 Å². The van der Waals surface area contributed by atoms with Crippen LogP contribution in [0.15, 0.2) is 6.07 Å². The van der Waals surface area contributed by atoms with E-state index in [2.05, 4.69) is 5.10 Å². The van der Waals surface area contributed by atoms with Gasteiger partial charge < -0.3 is 24.3 Å². The molecule has 0 N–H and O–H groups in total. The molecule has 0 bridgehead atoms. The fourth-order valence-electron chi connectivity index (χ4n) is 2.79. The average molecular weight is 311 g/mol. The zero-order chi connectivity index (χ0) is 15.4. The third kappa shape index (κ3) is 3.63. The van der Waals surface area contributed by atoms with Crippen LogP contribution in [0.3, 0.4) is 0 Å². The molecule has 3 rings (SSSR count). The van der Waals surface area contributed by atoms with Gasteiger partial charge in [-0.15, -0.1) is 4.68 Å². The second kappa shape index (κ2) is 7.17. The highest BCUT2D eigenvalue weighted by molar-refractivity contribution is 5.23. The first-order valence-electron chi connectivity index (χ1n) is 7.81. The van der Waals surface area contributed by atoms with E-state index in [9.17, 15) is 10.1 Å². The summed E-state index contributed by atoms with van der Waals surface area (Å²) in [5.74, 6) is -0.0462. The lowest BCUT2D eigenvalue weighted by Gasteiger charge is -2.22. The van der Waals surface area contributed by atoms with Crippen LogP contribution >= 0.6 is 0 Å². The quantitative estimate of drug-likeness (QED) is 0.613. The van der Waals surface area contributed by atoms with Crippen molar-refractivity contribution in [1.82, 2.24) is 9.78 Å². The summed E-state index contributed by atoms with van der Waals surface area (Å²) >= 11 is 0. The van der Waals surface area contributed by atoms with Crippen LogP contribution in [0.1, 0.15) is 50.4 Å². The van der Waals surface area contributed by atoms with Gasteiger partial charge in [0.25, 0.3) is 0 Å². The van der Waals surface area contributed by atoms with E-state index < -0.39 is 4.92 Å². The van der Waals surface area contributed by atoms with Crippen LogP contribution in [0.5, 0.6) is 0 Å². The number of hydrogen-bond donors (Lipinski definition) is 0. The maximum absolute atomic E-state index is 11.2. The lowest BCUT2D eigenvalue weighted by atomic mass is 10.2. The molecule has 122 valence electrons. The van der Waals surface area contributed by atoms with Crippen LogP contribution in [0, 0.1) is 10.1 Å². The van der Waals surface area contributed by atoms with Crippen LogP contribution < -0.4 is 0 Å². The van der Waals surface area contributed by atoms with Gasteiger partial charge in [-0.2, -0.15) is 0 Å². The number of rotatable bonds is 5. The molecule has 2 unspecified atom stereocenters. The Morgan fingerprint density at radius 2 is 2.05 bits per heavy atom. The van der Waals surface area contributed by atoms with Crippen molar-refractivity contribution in [3.05, 3.63) is 21.9 Å². The number of ether oxygens (including phenoxy) is 3. The van der Waals surface area contributed by atoms with Crippen molar-refractivity contribution in [2.24, 2.45) is 0 Å². The standard InChI is InChI=1S/C14H21N3O5/c18-17(19)12-9-11(10-22-14-6-2-4-8-21-14)15-16(12)13-5-1-3-7-20-13/h9,13-14H,1-8,10H2. The van der Waals surface area contributed by atoms with Gasteiger partial charge in [-0.05, 0) is 37.0 Å². The molecule has 22 heavy (non-hydrogen) atoms. The highest BCUT2D eigenvalue weighted by Gasteiger charge is 2.29. The van der Waals surface area contributed by atoms with E-state index in [1.807, 2.05) is 0 Å². The van der Waals surface area contributed by atoms with Crippen molar-refractivity contribution in [2.45, 2.75) is 57.6 Å². The molecule has 0 aromatic carbocycles. The van der Waals surface area contributed by atoms with Crippen molar-refractivity contribution in [1.29, 1.82) is 0 Å². The molecule has 0 radical (unpaired) electrons. The summed E-state index contributed by atoms with van der Waals surface area (Å²) in [5.41, 5.74) is 0.537. The fourth-order valence-corrected chi connectivity index (χ4v) is 2.79. The molecule has 8 nitrogen and oxygen atoms in total. The van der Waals surface area contributed by atoms with Crippen molar-refractivity contribution in [3.63, 3.8) is 0 Å². The number of hydrogen-bond acceptors (Lipinski definition) is 6. The molecule has 8 heteroatoms. The van der Waals surface area contributed by atoms with E-state index in [0.29, 0.717) is 18.9 Å². The van der Waals surface area contributed by atoms with Crippen molar-refractivity contribution in [2.75, 3.05) is 13.2 Å². The molecule has 0 amide bonds. The molecule has 2 atom stereocenters. The van der Waals surface area contributed by atoms with Gasteiger partial charge in [0.15, 0.2) is 6.29 Å². The fraction of sp³-hybridized carbons (Fsp3) is 0.786. The van der Waals surface area contributed by atoms with Crippen LogP contribution in [0.25, 0.3) is 0 Å². The monoisotopic (exact) mass is 311 g/mol. The van der Waals surface area contributed by atoms with Gasteiger partial charge in [-0.3, -0.25) is 0 Å². The molecule has 1 aromatic rings. The largest absolute Gasteiger partial charge is 0.358 e. The maximum atomic E-state index is 11.2. The molecule has 2 aliphatic heterocycles. The van der Waals surface area contributed by atoms with Crippen molar-refractivity contribution < 1.29 is 19.1 Å². The first-order chi connectivity index (χ1) is 10.7. The highest BCUT2D eigenvalue weighted by Crippen LogP contribution is 2.27. The number of nitro groups is 1. The minimum Gasteiger partial charge on any atom is -0.358 e. The zero-order valence-electron chi connectivity index (χ0n) is 12.5. The number of aromatic nitrogens is 2. The predicted molar refractivity (Wildman–Crippen MR) is 76.1 cm³/mol. The third-order valence-corrected chi connectivity index (χ3v) is 3.94. The molecule has 0 saturated carbocycles. The van der Waals surface area contributed by atoms with E-state index in [1.54, 1.807) is 0 Å². The summed E-state index contributed by atoms with van der Waals surface area (Å²) in [6.07, 6.45) is 5.12. The van der Waals surface area contributed by atoms with Gasteiger partial charge in [0.1, 0.15) is 5.69 Å². The van der Waals surface area contributed by atoms with Crippen molar-refractivity contribution in [3.8, 4) is 0 Å². The van der Waals surface area contributed by atoms with Gasteiger partial charge in [0.05, 0.1) is 19.3 Å². The van der Waals surface area contributed by atoms with E-state index >= 15 is 0 Å². The summed E-state index contributed by atoms with van der Waals surface area (Å²) in [5, 5.41) is 15.5. The Kier molecular flexibility index (Phi) is 5.01. The summed E-state index contributed by atoms with van der Waals surface area (Å²) in [7, 11) is 0. The van der Waals surface area contributed by atoms with E-state index in [1.165, 1.54) is 10.7 Å². The highest BCUT2D eigenvalue weighted by atomic mass is 16.7. The summed E-state index contributed by atoms with van der Waals surface area (Å²) in [6.45, 7) is 1.53. The second-order valence-electron chi connectivity index (χ2n) is 5.62. The third-order valence-electron chi connectivity index (χ3n) is 3.94. The lowest BCUT2D eigenvalue weighted by Crippen LogP contribution is -2.22. The SMILES string of the molecule is O=[N+]([O-])c1cc(COC2CCCCO2)nn1C1CCCCO1. The minimum absolute atomic E-state index is 0.0462. The maximum Gasteiger partial charge on any atom is 0.347 e. The Bertz CT molecular complexity index is 507. The Labute approximate surface area is 128 Å². The zero-order valence-corrected chi connectivity index (χ0v) is 12.5. The summed E-state index contributed by atoms with van der Waals surface area (Å²) < 4.78 is 18.1. The predicted octanol–water partition coefficient (Wildman–Crippen LogP) is 2.53. The molecule has 3 heterocycles. The smallest absolute Gasteiger partial charge is 0.347 e. The van der Waals surface area contributed by atoms with E-state index in [-0.39, 0.29) is 24.9 Å². The van der Waals surface area contributed by atoms with Gasteiger partial charge in [0.2, 0.25) is 6.23 Å². The molecule has 1 aromatic heterocycles. The number of nitrogens with zero attached hydrogens (tertiary/aromatic N) is 3. The topological polar surface area (TPSA) is 88.7 Å². The van der Waals surface area contributed by atoms with Gasteiger partial charge in [-0.25, -0.2) is 0 Å². The molecular weight excluding hydrogens is 290 g/mol. The van der Waals surface area contributed by atoms with Crippen LogP contribution in [-0.4, -0.2) is 34.2 Å². The van der Waals surface area contributed by atoms with Crippen LogP contribution in [0.2, 0.25) is 0 Å². The molecular formula is C14H21N3O5. The van der Waals surface area contributed by atoms with Gasteiger partial charge in [-0.1, -0.05) is 5.10 Å². The van der Waals surface area contributed by atoms with E-state index in [0.717, 1.165) is 38.5 Å². The molecule has 0 aliphatic carbocycles. The molecule has 2 saturated heterocycles. The first kappa shape index (κ1) is 15.4. The molecule has 2 aliphatic rings. The van der Waals surface area contributed by atoms with Crippen molar-refractivity contribution >= 4 is 5.82 Å². The second-order valence-corrected chi connectivity index (χ2v) is 5.62. The Morgan fingerprint density at radius 1 is 1.27 bits per heavy atom. The minimum atomic E-state index is -0.425. The van der Waals surface area contributed by atoms with Gasteiger partial charge in [0, 0.05) is 13.0 Å². The Morgan fingerprint density at radius 3 is 2.68 bits per heavy atom. The molecule has 0 spiro atoms. The van der Waals surface area contributed by atoms with Gasteiger partial charge >= 0.3 is 5.82 Å².